The second-order valence-corrected chi connectivity index (χ2v) is 5.22. The first-order valence-electron chi connectivity index (χ1n) is 6.90. The summed E-state index contributed by atoms with van der Waals surface area (Å²) in [5, 5.41) is 0. The summed E-state index contributed by atoms with van der Waals surface area (Å²) in [5.74, 6) is 1.20. The van der Waals surface area contributed by atoms with E-state index in [0.717, 1.165) is 37.0 Å². The van der Waals surface area contributed by atoms with Gasteiger partial charge in [0, 0.05) is 0 Å². The van der Waals surface area contributed by atoms with Crippen LogP contribution < -0.4 is 4.74 Å². The minimum Gasteiger partial charge on any atom is -0.490 e. The van der Waals surface area contributed by atoms with Gasteiger partial charge in [0.2, 0.25) is 0 Å². The fourth-order valence-corrected chi connectivity index (χ4v) is 2.47. The highest BCUT2D eigenvalue weighted by Crippen LogP contribution is 2.49. The van der Waals surface area contributed by atoms with Gasteiger partial charge in [-0.3, -0.25) is 4.79 Å². The summed E-state index contributed by atoms with van der Waals surface area (Å²) >= 11 is 0. The molecule has 1 fully saturated rings. The highest BCUT2D eigenvalue weighted by molar-refractivity contribution is 5.91. The lowest BCUT2D eigenvalue weighted by molar-refractivity contribution is -0.119. The van der Waals surface area contributed by atoms with E-state index in [9.17, 15) is 4.79 Å². The number of carbonyl (C=O) groups is 1. The maximum Gasteiger partial charge on any atom is 0.140 e. The van der Waals surface area contributed by atoms with Crippen LogP contribution in [0.2, 0.25) is 0 Å². The average Bonchev–Trinajstić information content (AvgIpc) is 3.18. The number of carbonyl (C=O) groups excluding carboxylic acids is 1. The van der Waals surface area contributed by atoms with Crippen LogP contribution in [0.25, 0.3) is 0 Å². The lowest BCUT2D eigenvalue weighted by atomic mass is 9.92. The Bertz CT molecular complexity index is 411. The summed E-state index contributed by atoms with van der Waals surface area (Å²) in [7, 11) is 0. The summed E-state index contributed by atoms with van der Waals surface area (Å²) in [4.78, 5) is 11.7. The molecule has 0 amide bonds. The molecule has 0 unspecified atom stereocenters. The number of ether oxygens (including phenoxy) is 1. The van der Waals surface area contributed by atoms with Crippen molar-refractivity contribution >= 4 is 5.78 Å². The van der Waals surface area contributed by atoms with Gasteiger partial charge in [-0.1, -0.05) is 26.0 Å². The Labute approximate surface area is 109 Å². The molecule has 1 aromatic carbocycles. The third-order valence-corrected chi connectivity index (χ3v) is 4.04. The maximum atomic E-state index is 11.7. The molecular formula is C16H22O2. The van der Waals surface area contributed by atoms with Crippen molar-refractivity contribution in [3.63, 3.8) is 0 Å². The molecule has 0 spiro atoms. The molecule has 1 aromatic rings. The first-order chi connectivity index (χ1) is 8.62. The van der Waals surface area contributed by atoms with Crippen LogP contribution >= 0.6 is 0 Å². The van der Waals surface area contributed by atoms with Crippen LogP contribution in [-0.4, -0.2) is 11.9 Å². The zero-order chi connectivity index (χ0) is 13.2. The van der Waals surface area contributed by atoms with E-state index in [4.69, 9.17) is 4.74 Å². The lowest BCUT2D eigenvalue weighted by Crippen LogP contribution is -2.17. The Morgan fingerprint density at radius 2 is 1.78 bits per heavy atom. The predicted molar refractivity (Wildman–Crippen MR) is 73.0 cm³/mol. The van der Waals surface area contributed by atoms with Crippen molar-refractivity contribution in [3.05, 3.63) is 29.8 Å². The van der Waals surface area contributed by atoms with Gasteiger partial charge in [-0.15, -0.1) is 0 Å². The minimum atomic E-state index is -0.173. The number of hydrogen-bond acceptors (Lipinski definition) is 2. The van der Waals surface area contributed by atoms with Gasteiger partial charge >= 0.3 is 0 Å². The standard InChI is InChI=1S/C16H22O2/c1-4-14(5-2)18-15-8-6-13(7-9-15)16(10-11-16)12(3)17/h6-9,14H,4-5,10-11H2,1-3H3. The minimum absolute atomic E-state index is 0.173. The van der Waals surface area contributed by atoms with Crippen LogP contribution in [0, 0.1) is 0 Å². The van der Waals surface area contributed by atoms with Crippen molar-refractivity contribution in [2.45, 2.75) is 58.0 Å². The fraction of sp³-hybridized carbons (Fsp3) is 0.562. The molecule has 18 heavy (non-hydrogen) atoms. The molecule has 0 bridgehead atoms. The Hall–Kier alpha value is -1.31. The van der Waals surface area contributed by atoms with E-state index in [1.165, 1.54) is 0 Å². The van der Waals surface area contributed by atoms with Crippen LogP contribution in [0.3, 0.4) is 0 Å². The van der Waals surface area contributed by atoms with Gasteiger partial charge in [0.15, 0.2) is 0 Å². The smallest absolute Gasteiger partial charge is 0.140 e. The molecular weight excluding hydrogens is 224 g/mol. The molecule has 0 atom stereocenters. The molecule has 0 aromatic heterocycles. The fourth-order valence-electron chi connectivity index (χ4n) is 2.47. The molecule has 1 aliphatic carbocycles. The van der Waals surface area contributed by atoms with Crippen molar-refractivity contribution in [1.29, 1.82) is 0 Å². The van der Waals surface area contributed by atoms with Crippen LogP contribution in [0.5, 0.6) is 5.75 Å². The van der Waals surface area contributed by atoms with Crippen LogP contribution in [0.4, 0.5) is 0 Å². The third kappa shape index (κ3) is 2.43. The highest BCUT2D eigenvalue weighted by Gasteiger charge is 2.48. The molecule has 2 nitrogen and oxygen atoms in total. The van der Waals surface area contributed by atoms with E-state index < -0.39 is 0 Å². The zero-order valence-corrected chi connectivity index (χ0v) is 11.5. The van der Waals surface area contributed by atoms with E-state index >= 15 is 0 Å². The van der Waals surface area contributed by atoms with Gasteiger partial charge in [-0.25, -0.2) is 0 Å². The van der Waals surface area contributed by atoms with Crippen LogP contribution in [0.1, 0.15) is 52.0 Å². The van der Waals surface area contributed by atoms with E-state index in [2.05, 4.69) is 13.8 Å². The normalized spacial score (nSPS) is 16.7. The van der Waals surface area contributed by atoms with E-state index in [-0.39, 0.29) is 11.2 Å². The number of benzene rings is 1. The monoisotopic (exact) mass is 246 g/mol. The quantitative estimate of drug-likeness (QED) is 0.761. The topological polar surface area (TPSA) is 26.3 Å². The van der Waals surface area contributed by atoms with E-state index in [1.54, 1.807) is 6.92 Å². The Morgan fingerprint density at radius 1 is 1.22 bits per heavy atom. The number of Topliss-reactive ketones (excluding diaryl/α,β-unsaturated/α-hetero) is 1. The van der Waals surface area contributed by atoms with Crippen molar-refractivity contribution < 1.29 is 9.53 Å². The first kappa shape index (κ1) is 13.1. The van der Waals surface area contributed by atoms with Gasteiger partial charge in [0.25, 0.3) is 0 Å². The van der Waals surface area contributed by atoms with Crippen molar-refractivity contribution in [2.75, 3.05) is 0 Å². The second-order valence-electron chi connectivity index (χ2n) is 5.22. The average molecular weight is 246 g/mol. The van der Waals surface area contributed by atoms with E-state index in [0.29, 0.717) is 6.10 Å². The number of ketones is 1. The molecule has 0 heterocycles. The van der Waals surface area contributed by atoms with Crippen molar-refractivity contribution in [3.8, 4) is 5.75 Å². The molecule has 0 aliphatic heterocycles. The van der Waals surface area contributed by atoms with Crippen molar-refractivity contribution in [2.24, 2.45) is 0 Å². The lowest BCUT2D eigenvalue weighted by Gasteiger charge is -2.17. The Balaban J connectivity index is 2.09. The molecule has 2 heteroatoms. The maximum absolute atomic E-state index is 11.7. The zero-order valence-electron chi connectivity index (χ0n) is 11.5. The SMILES string of the molecule is CCC(CC)Oc1ccc(C2(C(C)=O)CC2)cc1. The summed E-state index contributed by atoms with van der Waals surface area (Å²) in [5.41, 5.74) is 0.972. The van der Waals surface area contributed by atoms with E-state index in [1.807, 2.05) is 24.3 Å². The molecule has 0 radical (unpaired) electrons. The van der Waals surface area contributed by atoms with Crippen molar-refractivity contribution in [1.82, 2.24) is 0 Å². The molecule has 1 aliphatic rings. The first-order valence-corrected chi connectivity index (χ1v) is 6.90. The molecule has 0 saturated heterocycles. The van der Waals surface area contributed by atoms with Crippen LogP contribution in [0.15, 0.2) is 24.3 Å². The highest BCUT2D eigenvalue weighted by atomic mass is 16.5. The van der Waals surface area contributed by atoms with Gasteiger partial charge in [0.05, 0.1) is 11.5 Å². The molecule has 1 saturated carbocycles. The predicted octanol–water partition coefficient (Wildman–Crippen LogP) is 3.87. The summed E-state index contributed by atoms with van der Waals surface area (Å²) < 4.78 is 5.88. The summed E-state index contributed by atoms with van der Waals surface area (Å²) in [6.07, 6.45) is 4.33. The Kier molecular flexibility index (Phi) is 3.74. The molecule has 0 N–H and O–H groups in total. The number of rotatable bonds is 6. The summed E-state index contributed by atoms with van der Waals surface area (Å²) in [6, 6.07) is 8.09. The van der Waals surface area contributed by atoms with Gasteiger partial charge in [0.1, 0.15) is 11.5 Å². The second kappa shape index (κ2) is 5.13. The number of hydrogen-bond donors (Lipinski definition) is 0. The molecule has 98 valence electrons. The largest absolute Gasteiger partial charge is 0.490 e. The van der Waals surface area contributed by atoms with Crippen LogP contribution in [-0.2, 0) is 10.2 Å². The Morgan fingerprint density at radius 3 is 2.17 bits per heavy atom. The molecule has 2 rings (SSSR count). The van der Waals surface area contributed by atoms with Gasteiger partial charge < -0.3 is 4.74 Å². The third-order valence-electron chi connectivity index (χ3n) is 4.04. The van der Waals surface area contributed by atoms with Gasteiger partial charge in [-0.05, 0) is 50.3 Å². The summed E-state index contributed by atoms with van der Waals surface area (Å²) in [6.45, 7) is 5.97. The van der Waals surface area contributed by atoms with Gasteiger partial charge in [-0.2, -0.15) is 0 Å².